The molecule has 0 aliphatic heterocycles. The first-order valence-electron chi connectivity index (χ1n) is 5.35. The van der Waals surface area contributed by atoms with Crippen LogP contribution in [0.25, 0.3) is 0 Å². The van der Waals surface area contributed by atoms with Crippen LogP contribution in [0.3, 0.4) is 0 Å². The van der Waals surface area contributed by atoms with Crippen LogP contribution in [0.2, 0.25) is 5.02 Å². The molecule has 0 atom stereocenters. The normalized spacial score (nSPS) is 9.72. The minimum atomic E-state index is -0.494. The van der Waals surface area contributed by atoms with E-state index in [0.717, 1.165) is 0 Å². The number of rotatable bonds is 5. The molecule has 0 aromatic heterocycles. The van der Waals surface area contributed by atoms with Gasteiger partial charge in [0, 0.05) is 5.02 Å². The highest BCUT2D eigenvalue weighted by Gasteiger charge is 2.14. The Kier molecular flexibility index (Phi) is 5.45. The summed E-state index contributed by atoms with van der Waals surface area (Å²) >= 11 is 5.80. The molecular weight excluding hydrogens is 258 g/mol. The molecule has 0 unspecified atom stereocenters. The van der Waals surface area contributed by atoms with Gasteiger partial charge in [0.15, 0.2) is 0 Å². The second-order valence-electron chi connectivity index (χ2n) is 3.33. The zero-order valence-electron chi connectivity index (χ0n) is 10.2. The molecule has 0 aliphatic carbocycles. The number of halogens is 1. The van der Waals surface area contributed by atoms with Crippen LogP contribution in [0.4, 0.5) is 0 Å². The number of esters is 1. The molecule has 0 heterocycles. The van der Waals surface area contributed by atoms with Gasteiger partial charge in [-0.05, 0) is 25.1 Å². The van der Waals surface area contributed by atoms with Crippen molar-refractivity contribution < 1.29 is 19.1 Å². The first-order chi connectivity index (χ1) is 8.58. The lowest BCUT2D eigenvalue weighted by molar-refractivity contribution is -0.141. The van der Waals surface area contributed by atoms with Gasteiger partial charge in [0.05, 0.1) is 19.3 Å². The molecule has 1 amide bonds. The van der Waals surface area contributed by atoms with Crippen molar-refractivity contribution in [2.24, 2.45) is 0 Å². The number of carbonyl (C=O) groups excluding carboxylic acids is 2. The van der Waals surface area contributed by atoms with Crippen molar-refractivity contribution in [3.63, 3.8) is 0 Å². The average molecular weight is 272 g/mol. The van der Waals surface area contributed by atoms with Gasteiger partial charge < -0.3 is 14.8 Å². The molecule has 0 saturated carbocycles. The van der Waals surface area contributed by atoms with E-state index in [-0.39, 0.29) is 18.7 Å². The van der Waals surface area contributed by atoms with Gasteiger partial charge in [-0.2, -0.15) is 0 Å². The number of amides is 1. The lowest BCUT2D eigenvalue weighted by Gasteiger charge is -2.09. The fourth-order valence-corrected chi connectivity index (χ4v) is 1.49. The van der Waals surface area contributed by atoms with Gasteiger partial charge in [0.1, 0.15) is 12.3 Å². The highest BCUT2D eigenvalue weighted by Crippen LogP contribution is 2.22. The quantitative estimate of drug-likeness (QED) is 0.827. The summed E-state index contributed by atoms with van der Waals surface area (Å²) < 4.78 is 9.74. The summed E-state index contributed by atoms with van der Waals surface area (Å²) in [4.78, 5) is 22.9. The molecule has 0 saturated heterocycles. The Labute approximate surface area is 110 Å². The Morgan fingerprint density at radius 1 is 1.39 bits per heavy atom. The minimum absolute atomic E-state index is 0.192. The van der Waals surface area contributed by atoms with Crippen molar-refractivity contribution in [1.29, 1.82) is 0 Å². The molecule has 18 heavy (non-hydrogen) atoms. The summed E-state index contributed by atoms with van der Waals surface area (Å²) in [5.74, 6) is -0.546. The lowest BCUT2D eigenvalue weighted by Crippen LogP contribution is -2.30. The van der Waals surface area contributed by atoms with Crippen LogP contribution in [-0.2, 0) is 9.53 Å². The highest BCUT2D eigenvalue weighted by atomic mass is 35.5. The van der Waals surface area contributed by atoms with Crippen LogP contribution < -0.4 is 10.1 Å². The monoisotopic (exact) mass is 271 g/mol. The Balaban J connectivity index is 2.71. The number of hydrogen-bond acceptors (Lipinski definition) is 4. The lowest BCUT2D eigenvalue weighted by atomic mass is 10.2. The highest BCUT2D eigenvalue weighted by molar-refractivity contribution is 6.31. The number of ether oxygens (including phenoxy) is 2. The minimum Gasteiger partial charge on any atom is -0.496 e. The molecule has 5 nitrogen and oxygen atoms in total. The molecule has 1 rings (SSSR count). The third kappa shape index (κ3) is 3.92. The van der Waals surface area contributed by atoms with E-state index in [9.17, 15) is 9.59 Å². The molecule has 0 spiro atoms. The van der Waals surface area contributed by atoms with Gasteiger partial charge in [0.2, 0.25) is 0 Å². The zero-order chi connectivity index (χ0) is 13.5. The number of benzene rings is 1. The van der Waals surface area contributed by atoms with E-state index in [1.807, 2.05) is 0 Å². The van der Waals surface area contributed by atoms with Crippen LogP contribution in [0.15, 0.2) is 18.2 Å². The maximum Gasteiger partial charge on any atom is 0.325 e. The molecule has 98 valence electrons. The maximum atomic E-state index is 11.8. The number of nitrogens with one attached hydrogen (secondary N) is 1. The summed E-state index contributed by atoms with van der Waals surface area (Å²) in [7, 11) is 1.45. The fourth-order valence-electron chi connectivity index (χ4n) is 1.32. The van der Waals surface area contributed by atoms with Crippen molar-refractivity contribution in [1.82, 2.24) is 5.32 Å². The van der Waals surface area contributed by atoms with E-state index in [2.05, 4.69) is 5.32 Å². The van der Waals surface area contributed by atoms with E-state index < -0.39 is 11.9 Å². The summed E-state index contributed by atoms with van der Waals surface area (Å²) in [5.41, 5.74) is 0.272. The molecule has 0 bridgehead atoms. The topological polar surface area (TPSA) is 64.6 Å². The zero-order valence-corrected chi connectivity index (χ0v) is 10.9. The van der Waals surface area contributed by atoms with E-state index in [4.69, 9.17) is 21.1 Å². The molecule has 1 N–H and O–H groups in total. The fraction of sp³-hybridized carbons (Fsp3) is 0.333. The van der Waals surface area contributed by atoms with Crippen molar-refractivity contribution in [2.75, 3.05) is 20.3 Å². The van der Waals surface area contributed by atoms with Gasteiger partial charge in [-0.25, -0.2) is 0 Å². The van der Waals surface area contributed by atoms with Gasteiger partial charge in [-0.3, -0.25) is 9.59 Å². The van der Waals surface area contributed by atoms with E-state index >= 15 is 0 Å². The first kappa shape index (κ1) is 14.3. The predicted octanol–water partition coefficient (Wildman–Crippen LogP) is 1.64. The van der Waals surface area contributed by atoms with Gasteiger partial charge in [-0.1, -0.05) is 11.6 Å². The van der Waals surface area contributed by atoms with Crippen LogP contribution in [0, 0.1) is 0 Å². The number of carbonyl (C=O) groups is 2. The maximum absolute atomic E-state index is 11.8. The van der Waals surface area contributed by atoms with Gasteiger partial charge >= 0.3 is 5.97 Å². The van der Waals surface area contributed by atoms with Crippen molar-refractivity contribution in [3.05, 3.63) is 28.8 Å². The van der Waals surface area contributed by atoms with Crippen molar-refractivity contribution >= 4 is 23.5 Å². The molecule has 6 heteroatoms. The number of methoxy groups -OCH3 is 1. The average Bonchev–Trinajstić information content (AvgIpc) is 2.36. The first-order valence-corrected chi connectivity index (χ1v) is 5.73. The molecule has 0 aliphatic rings. The molecule has 1 aromatic rings. The Morgan fingerprint density at radius 3 is 2.72 bits per heavy atom. The third-order valence-corrected chi connectivity index (χ3v) is 2.34. The molecule has 1 aromatic carbocycles. The molecular formula is C12H14ClNO4. The summed E-state index contributed by atoms with van der Waals surface area (Å²) in [6, 6.07) is 4.67. The molecule has 0 fully saturated rings. The summed E-state index contributed by atoms with van der Waals surface area (Å²) in [6.45, 7) is 1.78. The second kappa shape index (κ2) is 6.86. The van der Waals surface area contributed by atoms with Crippen molar-refractivity contribution in [2.45, 2.75) is 6.92 Å². The van der Waals surface area contributed by atoms with Gasteiger partial charge in [0.25, 0.3) is 5.91 Å². The van der Waals surface area contributed by atoms with Gasteiger partial charge in [-0.15, -0.1) is 0 Å². The largest absolute Gasteiger partial charge is 0.496 e. The van der Waals surface area contributed by atoms with Crippen LogP contribution in [-0.4, -0.2) is 32.1 Å². The summed E-state index contributed by atoms with van der Waals surface area (Å²) in [5, 5.41) is 2.85. The number of hydrogen-bond donors (Lipinski definition) is 1. The Morgan fingerprint density at radius 2 is 2.11 bits per heavy atom. The smallest absolute Gasteiger partial charge is 0.325 e. The molecule has 0 radical (unpaired) electrons. The van der Waals surface area contributed by atoms with Crippen molar-refractivity contribution in [3.8, 4) is 5.75 Å². The third-order valence-electron chi connectivity index (χ3n) is 2.10. The SMILES string of the molecule is CCOC(=O)CNC(=O)c1cc(Cl)ccc1OC. The van der Waals surface area contributed by atoms with Crippen LogP contribution >= 0.6 is 11.6 Å². The summed E-state index contributed by atoms with van der Waals surface area (Å²) in [6.07, 6.45) is 0. The van der Waals surface area contributed by atoms with E-state index in [0.29, 0.717) is 10.8 Å². The Hall–Kier alpha value is -1.75. The van der Waals surface area contributed by atoms with E-state index in [1.54, 1.807) is 19.1 Å². The second-order valence-corrected chi connectivity index (χ2v) is 3.77. The standard InChI is InChI=1S/C12H14ClNO4/c1-3-18-11(15)7-14-12(16)9-6-8(13)4-5-10(9)17-2/h4-6H,3,7H2,1-2H3,(H,14,16). The van der Waals surface area contributed by atoms with E-state index in [1.165, 1.54) is 13.2 Å². The van der Waals surface area contributed by atoms with Crippen LogP contribution in [0.1, 0.15) is 17.3 Å². The van der Waals surface area contributed by atoms with Crippen LogP contribution in [0.5, 0.6) is 5.75 Å². The Bertz CT molecular complexity index is 448. The predicted molar refractivity (Wildman–Crippen MR) is 67.0 cm³/mol.